The summed E-state index contributed by atoms with van der Waals surface area (Å²) in [7, 11) is 0. The molecule has 4 unspecified atom stereocenters. The van der Waals surface area contributed by atoms with Gasteiger partial charge < -0.3 is 5.11 Å². The van der Waals surface area contributed by atoms with Gasteiger partial charge in [-0.3, -0.25) is 4.98 Å². The summed E-state index contributed by atoms with van der Waals surface area (Å²) < 4.78 is 0. The monoisotopic (exact) mass is 279 g/mol. The van der Waals surface area contributed by atoms with Gasteiger partial charge in [-0.25, -0.2) is 0 Å². The van der Waals surface area contributed by atoms with Gasteiger partial charge in [-0.1, -0.05) is 36.4 Å². The molecule has 2 heteroatoms. The number of fused-ring (bicyclic) bond motifs is 2. The third-order valence-electron chi connectivity index (χ3n) is 5.48. The van der Waals surface area contributed by atoms with Gasteiger partial charge in [0.1, 0.15) is 0 Å². The van der Waals surface area contributed by atoms with E-state index in [2.05, 4.69) is 35.3 Å². The maximum absolute atomic E-state index is 11.5. The van der Waals surface area contributed by atoms with Gasteiger partial charge >= 0.3 is 0 Å². The Kier molecular flexibility index (Phi) is 3.07. The van der Waals surface area contributed by atoms with Crippen LogP contribution in [0.4, 0.5) is 0 Å². The molecule has 1 aromatic carbocycles. The number of aromatic nitrogens is 1. The predicted molar refractivity (Wildman–Crippen MR) is 82.9 cm³/mol. The van der Waals surface area contributed by atoms with Gasteiger partial charge in [-0.15, -0.1) is 0 Å². The zero-order valence-corrected chi connectivity index (χ0v) is 12.2. The topological polar surface area (TPSA) is 33.1 Å². The molecule has 108 valence electrons. The first-order valence-electron chi connectivity index (χ1n) is 7.95. The Morgan fingerprint density at radius 3 is 2.48 bits per heavy atom. The van der Waals surface area contributed by atoms with E-state index < -0.39 is 5.60 Å². The number of aliphatic hydroxyl groups is 1. The van der Waals surface area contributed by atoms with E-state index in [0.717, 1.165) is 18.5 Å². The van der Waals surface area contributed by atoms with Crippen LogP contribution >= 0.6 is 0 Å². The van der Waals surface area contributed by atoms with Crippen molar-refractivity contribution in [2.75, 3.05) is 0 Å². The quantitative estimate of drug-likeness (QED) is 0.928. The van der Waals surface area contributed by atoms with Crippen LogP contribution in [0.1, 0.15) is 42.9 Å². The summed E-state index contributed by atoms with van der Waals surface area (Å²) in [5.41, 5.74) is 1.56. The van der Waals surface area contributed by atoms with E-state index >= 15 is 0 Å². The molecular formula is C19H21NO. The molecule has 1 heterocycles. The molecule has 1 N–H and O–H groups in total. The molecule has 4 rings (SSSR count). The number of hydrogen-bond acceptors (Lipinski definition) is 2. The fourth-order valence-corrected chi connectivity index (χ4v) is 4.60. The van der Waals surface area contributed by atoms with Crippen LogP contribution in [-0.2, 0) is 0 Å². The first kappa shape index (κ1) is 13.0. The Hall–Kier alpha value is -1.67. The normalized spacial score (nSPS) is 32.2. The second kappa shape index (κ2) is 4.96. The van der Waals surface area contributed by atoms with Gasteiger partial charge in [-0.05, 0) is 55.2 Å². The first-order chi connectivity index (χ1) is 10.3. The number of rotatable bonds is 3. The molecule has 1 aromatic heterocycles. The molecule has 2 nitrogen and oxygen atoms in total. The lowest BCUT2D eigenvalue weighted by molar-refractivity contribution is -0.0286. The van der Waals surface area contributed by atoms with E-state index in [1.165, 1.54) is 18.4 Å². The van der Waals surface area contributed by atoms with Crippen LogP contribution in [0.2, 0.25) is 0 Å². The fourth-order valence-electron chi connectivity index (χ4n) is 4.60. The maximum atomic E-state index is 11.5. The highest BCUT2D eigenvalue weighted by Crippen LogP contribution is 2.57. The number of nitrogens with zero attached hydrogens (tertiary/aromatic N) is 1. The lowest BCUT2D eigenvalue weighted by Crippen LogP contribution is -2.42. The van der Waals surface area contributed by atoms with Crippen molar-refractivity contribution in [3.63, 3.8) is 0 Å². The summed E-state index contributed by atoms with van der Waals surface area (Å²) in [6, 6.07) is 16.4. The van der Waals surface area contributed by atoms with Crippen LogP contribution in [-0.4, -0.2) is 15.7 Å². The molecule has 4 atom stereocenters. The lowest BCUT2D eigenvalue weighted by atomic mass is 9.70. The van der Waals surface area contributed by atoms with Gasteiger partial charge in [0.15, 0.2) is 0 Å². The standard InChI is InChI=1S/C19H21NO/c21-19(13-14-9-10-16(19)12-14)18(15-6-2-1-3-7-15)17-8-4-5-11-20-17/h1-8,11,14,16,18,21H,9-10,12-13H2. The Morgan fingerprint density at radius 2 is 1.86 bits per heavy atom. The molecule has 0 amide bonds. The minimum Gasteiger partial charge on any atom is -0.389 e. The second-order valence-corrected chi connectivity index (χ2v) is 6.67. The summed E-state index contributed by atoms with van der Waals surface area (Å²) >= 11 is 0. The Bertz CT molecular complexity index is 572. The van der Waals surface area contributed by atoms with Gasteiger partial charge in [-0.2, -0.15) is 0 Å². The molecule has 2 bridgehead atoms. The molecule has 2 aliphatic carbocycles. The molecule has 0 spiro atoms. The molecule has 0 aliphatic heterocycles. The molecule has 2 aromatic rings. The van der Waals surface area contributed by atoms with Crippen LogP contribution < -0.4 is 0 Å². The molecule has 0 saturated heterocycles. The van der Waals surface area contributed by atoms with Crippen LogP contribution in [0.5, 0.6) is 0 Å². The van der Waals surface area contributed by atoms with Crippen molar-refractivity contribution >= 4 is 0 Å². The van der Waals surface area contributed by atoms with E-state index in [1.807, 2.05) is 24.4 Å². The molecule has 2 saturated carbocycles. The molecule has 2 fully saturated rings. The third-order valence-corrected chi connectivity index (χ3v) is 5.48. The zero-order valence-electron chi connectivity index (χ0n) is 12.2. The predicted octanol–water partition coefficient (Wildman–Crippen LogP) is 3.76. The van der Waals surface area contributed by atoms with Crippen molar-refractivity contribution in [3.05, 3.63) is 66.0 Å². The van der Waals surface area contributed by atoms with Crippen molar-refractivity contribution in [2.24, 2.45) is 11.8 Å². The number of pyridine rings is 1. The second-order valence-electron chi connectivity index (χ2n) is 6.67. The largest absolute Gasteiger partial charge is 0.389 e. The number of hydrogen-bond donors (Lipinski definition) is 1. The van der Waals surface area contributed by atoms with Crippen molar-refractivity contribution in [1.29, 1.82) is 0 Å². The molecular weight excluding hydrogens is 258 g/mol. The van der Waals surface area contributed by atoms with E-state index in [9.17, 15) is 5.11 Å². The highest BCUT2D eigenvalue weighted by molar-refractivity contribution is 5.34. The van der Waals surface area contributed by atoms with Crippen molar-refractivity contribution in [1.82, 2.24) is 4.98 Å². The fraction of sp³-hybridized carbons (Fsp3) is 0.421. The SMILES string of the molecule is OC1(C(c2ccccc2)c2ccccn2)CC2CCC1C2. The average molecular weight is 279 g/mol. The zero-order chi connectivity index (χ0) is 14.3. The van der Waals surface area contributed by atoms with Crippen LogP contribution in [0.15, 0.2) is 54.7 Å². The van der Waals surface area contributed by atoms with Gasteiger partial charge in [0.25, 0.3) is 0 Å². The molecule has 0 radical (unpaired) electrons. The molecule has 2 aliphatic rings. The molecule has 21 heavy (non-hydrogen) atoms. The Morgan fingerprint density at radius 1 is 1.05 bits per heavy atom. The number of benzene rings is 1. The van der Waals surface area contributed by atoms with Crippen molar-refractivity contribution in [2.45, 2.75) is 37.2 Å². The lowest BCUT2D eigenvalue weighted by Gasteiger charge is -2.39. The van der Waals surface area contributed by atoms with Crippen molar-refractivity contribution in [3.8, 4) is 0 Å². The Labute approximate surface area is 125 Å². The highest BCUT2D eigenvalue weighted by Gasteiger charge is 2.55. The summed E-state index contributed by atoms with van der Waals surface area (Å²) in [5, 5.41) is 11.5. The van der Waals surface area contributed by atoms with Crippen molar-refractivity contribution < 1.29 is 5.11 Å². The van der Waals surface area contributed by atoms with Crippen LogP contribution in [0.25, 0.3) is 0 Å². The van der Waals surface area contributed by atoms with E-state index in [1.54, 1.807) is 0 Å². The summed E-state index contributed by atoms with van der Waals surface area (Å²) in [6.07, 6.45) is 6.40. The van der Waals surface area contributed by atoms with E-state index in [-0.39, 0.29) is 5.92 Å². The third kappa shape index (κ3) is 2.09. The average Bonchev–Trinajstić information content (AvgIpc) is 3.10. The summed E-state index contributed by atoms with van der Waals surface area (Å²) in [4.78, 5) is 4.57. The summed E-state index contributed by atoms with van der Waals surface area (Å²) in [5.74, 6) is 1.12. The first-order valence-corrected chi connectivity index (χ1v) is 7.95. The van der Waals surface area contributed by atoms with Gasteiger partial charge in [0, 0.05) is 6.20 Å². The van der Waals surface area contributed by atoms with E-state index in [0.29, 0.717) is 11.8 Å². The Balaban J connectivity index is 1.81. The highest BCUT2D eigenvalue weighted by atomic mass is 16.3. The minimum absolute atomic E-state index is 0.00444. The minimum atomic E-state index is -0.626. The van der Waals surface area contributed by atoms with Crippen LogP contribution in [0, 0.1) is 11.8 Å². The van der Waals surface area contributed by atoms with Gasteiger partial charge in [0.05, 0.1) is 17.2 Å². The smallest absolute Gasteiger partial charge is 0.0802 e. The summed E-state index contributed by atoms with van der Waals surface area (Å²) in [6.45, 7) is 0. The van der Waals surface area contributed by atoms with Gasteiger partial charge in [0.2, 0.25) is 0 Å². The maximum Gasteiger partial charge on any atom is 0.0802 e. The van der Waals surface area contributed by atoms with E-state index in [4.69, 9.17) is 0 Å². The van der Waals surface area contributed by atoms with Crippen LogP contribution in [0.3, 0.4) is 0 Å².